The number of carbonyl (C=O) groups excluding carboxylic acids is 2. The highest BCUT2D eigenvalue weighted by Crippen LogP contribution is 2.30. The maximum absolute atomic E-state index is 13.9. The Balaban J connectivity index is 1.70. The van der Waals surface area contributed by atoms with Crippen molar-refractivity contribution in [1.29, 1.82) is 0 Å². The summed E-state index contributed by atoms with van der Waals surface area (Å²) in [6, 6.07) is 19.1. The summed E-state index contributed by atoms with van der Waals surface area (Å²) < 4.78 is 33.6. The van der Waals surface area contributed by atoms with E-state index in [-0.39, 0.29) is 38.8 Å². The Morgan fingerprint density at radius 3 is 1.76 bits per heavy atom. The zero-order chi connectivity index (χ0) is 29.9. The van der Waals surface area contributed by atoms with E-state index < -0.39 is 31.7 Å². The van der Waals surface area contributed by atoms with Gasteiger partial charge in [0.1, 0.15) is 5.75 Å². The monoisotopic (exact) mass is 575 g/mol. The molecule has 208 valence electrons. The number of amides is 1. The number of carbonyl (C=O) groups is 2. The van der Waals surface area contributed by atoms with E-state index in [1.54, 1.807) is 26.0 Å². The van der Waals surface area contributed by atoms with Gasteiger partial charge in [0.25, 0.3) is 27.3 Å². The number of non-ortho nitro benzene ring substituents is 2. The Hall–Kier alpha value is -5.43. The maximum Gasteiger partial charge on any atom is 0.343 e. The van der Waals surface area contributed by atoms with E-state index >= 15 is 0 Å². The molecule has 4 aromatic carbocycles. The molecule has 41 heavy (non-hydrogen) atoms. The van der Waals surface area contributed by atoms with Gasteiger partial charge >= 0.3 is 5.97 Å². The van der Waals surface area contributed by atoms with Gasteiger partial charge in [-0.2, -0.15) is 4.31 Å². The summed E-state index contributed by atoms with van der Waals surface area (Å²) in [7, 11) is -4.48. The highest BCUT2D eigenvalue weighted by atomic mass is 32.2. The minimum Gasteiger partial charge on any atom is -0.423 e. The van der Waals surface area contributed by atoms with Crippen molar-refractivity contribution in [2.75, 3.05) is 4.31 Å². The molecule has 0 aliphatic rings. The highest BCUT2D eigenvalue weighted by Gasteiger charge is 2.33. The quantitative estimate of drug-likeness (QED) is 0.116. The summed E-state index contributed by atoms with van der Waals surface area (Å²) in [5.74, 6) is -1.75. The third-order valence-corrected chi connectivity index (χ3v) is 7.82. The second-order valence-corrected chi connectivity index (χ2v) is 10.6. The van der Waals surface area contributed by atoms with Crippen LogP contribution in [0.2, 0.25) is 0 Å². The Labute approximate surface area is 233 Å². The molecule has 0 unspecified atom stereocenters. The van der Waals surface area contributed by atoms with Gasteiger partial charge in [0.2, 0.25) is 0 Å². The molecule has 0 N–H and O–H groups in total. The Morgan fingerprint density at radius 1 is 0.732 bits per heavy atom. The predicted octanol–water partition coefficient (Wildman–Crippen LogP) is 5.37. The fourth-order valence-electron chi connectivity index (χ4n) is 3.83. The molecule has 0 radical (unpaired) electrons. The zero-order valence-electron chi connectivity index (χ0n) is 21.6. The number of anilines is 1. The van der Waals surface area contributed by atoms with E-state index in [1.807, 2.05) is 0 Å². The summed E-state index contributed by atoms with van der Waals surface area (Å²) in [6.45, 7) is 3.29. The molecule has 0 aliphatic heterocycles. The van der Waals surface area contributed by atoms with Gasteiger partial charge in [-0.1, -0.05) is 12.1 Å². The molecule has 0 spiro atoms. The first-order valence-corrected chi connectivity index (χ1v) is 13.3. The van der Waals surface area contributed by atoms with Gasteiger partial charge < -0.3 is 4.74 Å². The van der Waals surface area contributed by atoms with E-state index in [0.29, 0.717) is 15.4 Å². The topological polar surface area (TPSA) is 167 Å². The largest absolute Gasteiger partial charge is 0.423 e. The number of benzene rings is 4. The number of hydrogen-bond acceptors (Lipinski definition) is 9. The molecule has 12 nitrogen and oxygen atoms in total. The van der Waals surface area contributed by atoms with E-state index in [2.05, 4.69) is 0 Å². The molecule has 1 amide bonds. The number of nitro groups is 2. The molecule has 0 aliphatic carbocycles. The first-order chi connectivity index (χ1) is 19.4. The van der Waals surface area contributed by atoms with Gasteiger partial charge in [-0.3, -0.25) is 25.0 Å². The Morgan fingerprint density at radius 2 is 1.24 bits per heavy atom. The van der Waals surface area contributed by atoms with Crippen LogP contribution in [0.3, 0.4) is 0 Å². The average molecular weight is 576 g/mol. The van der Waals surface area contributed by atoms with Gasteiger partial charge in [-0.05, 0) is 79.6 Å². The molecule has 0 bridgehead atoms. The summed E-state index contributed by atoms with van der Waals surface area (Å²) >= 11 is 0. The minimum absolute atomic E-state index is 0.0176. The van der Waals surface area contributed by atoms with Crippen molar-refractivity contribution in [3.63, 3.8) is 0 Å². The van der Waals surface area contributed by atoms with Crippen LogP contribution in [0.15, 0.2) is 95.9 Å². The smallest absolute Gasteiger partial charge is 0.343 e. The molecule has 0 atom stereocenters. The minimum atomic E-state index is -4.48. The summed E-state index contributed by atoms with van der Waals surface area (Å²) in [5.41, 5.74) is 0.421. The summed E-state index contributed by atoms with van der Waals surface area (Å²) in [6.07, 6.45) is 0. The van der Waals surface area contributed by atoms with Crippen LogP contribution in [0.5, 0.6) is 5.75 Å². The Kier molecular flexibility index (Phi) is 7.92. The lowest BCUT2D eigenvalue weighted by atomic mass is 10.2. The second-order valence-electron chi connectivity index (χ2n) is 8.83. The SMILES string of the molecule is Cc1ccc(C)c(S(=O)(=O)N(C(=O)c2ccc([N+](=O)[O-])cc2)c2ccc(OC(=O)c3ccc([N+](=O)[O-])cc3)cc2)c1. The molecular formula is C28H21N3O9S. The van der Waals surface area contributed by atoms with Crippen molar-refractivity contribution in [3.8, 4) is 5.75 Å². The number of nitro benzene ring substituents is 2. The van der Waals surface area contributed by atoms with Crippen LogP contribution in [-0.4, -0.2) is 30.1 Å². The van der Waals surface area contributed by atoms with Crippen LogP contribution in [-0.2, 0) is 10.0 Å². The number of esters is 1. The van der Waals surface area contributed by atoms with Crippen molar-refractivity contribution >= 4 is 39.0 Å². The van der Waals surface area contributed by atoms with E-state index in [4.69, 9.17) is 4.74 Å². The maximum atomic E-state index is 13.9. The number of hydrogen-bond donors (Lipinski definition) is 0. The molecule has 0 aromatic heterocycles. The predicted molar refractivity (Wildman–Crippen MR) is 148 cm³/mol. The van der Waals surface area contributed by atoms with E-state index in [1.165, 1.54) is 42.5 Å². The molecule has 4 aromatic rings. The van der Waals surface area contributed by atoms with Crippen molar-refractivity contribution < 1.29 is 32.6 Å². The van der Waals surface area contributed by atoms with Crippen molar-refractivity contribution in [3.05, 3.63) is 133 Å². The highest BCUT2D eigenvalue weighted by molar-refractivity contribution is 7.93. The fraction of sp³-hybridized carbons (Fsp3) is 0.0714. The van der Waals surface area contributed by atoms with Crippen molar-refractivity contribution in [1.82, 2.24) is 0 Å². The first kappa shape index (κ1) is 28.6. The average Bonchev–Trinajstić information content (AvgIpc) is 2.95. The van der Waals surface area contributed by atoms with Gasteiger partial charge in [0.15, 0.2) is 0 Å². The third-order valence-electron chi connectivity index (χ3n) is 5.97. The zero-order valence-corrected chi connectivity index (χ0v) is 22.4. The normalized spacial score (nSPS) is 11.0. The van der Waals surface area contributed by atoms with Crippen molar-refractivity contribution in [2.24, 2.45) is 0 Å². The number of ether oxygens (including phenoxy) is 1. The number of aryl methyl sites for hydroxylation is 2. The second kappa shape index (κ2) is 11.4. The first-order valence-electron chi connectivity index (χ1n) is 11.9. The summed E-state index contributed by atoms with van der Waals surface area (Å²) in [5, 5.41) is 21.9. The van der Waals surface area contributed by atoms with Gasteiger partial charge in [-0.15, -0.1) is 0 Å². The number of sulfonamides is 1. The Bertz CT molecular complexity index is 1770. The molecule has 0 saturated heterocycles. The van der Waals surface area contributed by atoms with Crippen LogP contribution >= 0.6 is 0 Å². The number of nitrogens with zero attached hydrogens (tertiary/aromatic N) is 3. The van der Waals surface area contributed by atoms with Crippen LogP contribution in [0.25, 0.3) is 0 Å². The summed E-state index contributed by atoms with van der Waals surface area (Å²) in [4.78, 5) is 46.6. The fourth-order valence-corrected chi connectivity index (χ4v) is 5.56. The van der Waals surface area contributed by atoms with Gasteiger partial charge in [0.05, 0.1) is 26.0 Å². The molecule has 0 fully saturated rings. The molecule has 0 saturated carbocycles. The lowest BCUT2D eigenvalue weighted by Gasteiger charge is -2.24. The van der Waals surface area contributed by atoms with Gasteiger partial charge in [-0.25, -0.2) is 13.2 Å². The van der Waals surface area contributed by atoms with Crippen LogP contribution in [0.1, 0.15) is 31.8 Å². The van der Waals surface area contributed by atoms with Gasteiger partial charge in [0, 0.05) is 29.8 Å². The number of rotatable bonds is 8. The molecule has 13 heteroatoms. The third kappa shape index (κ3) is 6.09. The standard InChI is InChI=1S/C28H21N3O9S/c1-18-3-4-19(2)26(17-18)41(38,39)29(27(32)20-5-9-23(10-6-20)30(34)35)22-13-15-25(16-14-22)40-28(33)21-7-11-24(12-8-21)31(36)37/h3-17H,1-2H3. The molecule has 4 rings (SSSR count). The molecule has 0 heterocycles. The lowest BCUT2D eigenvalue weighted by molar-refractivity contribution is -0.385. The van der Waals surface area contributed by atoms with Crippen molar-refractivity contribution in [2.45, 2.75) is 18.7 Å². The van der Waals surface area contributed by atoms with Crippen LogP contribution < -0.4 is 9.04 Å². The van der Waals surface area contributed by atoms with Crippen LogP contribution in [0, 0.1) is 34.1 Å². The van der Waals surface area contributed by atoms with E-state index in [9.17, 15) is 38.2 Å². The van der Waals surface area contributed by atoms with Crippen LogP contribution in [0.4, 0.5) is 17.1 Å². The van der Waals surface area contributed by atoms with E-state index in [0.717, 1.165) is 36.4 Å². The lowest BCUT2D eigenvalue weighted by Crippen LogP contribution is -2.37. The molecular weight excluding hydrogens is 554 g/mol.